The van der Waals surface area contributed by atoms with Crippen molar-refractivity contribution in [3.05, 3.63) is 35.4 Å². The van der Waals surface area contributed by atoms with Gasteiger partial charge in [0, 0.05) is 12.1 Å². The molecule has 1 amide bonds. The molecule has 2 rings (SSSR count). The number of aryl methyl sites for hydroxylation is 1. The molecule has 1 saturated heterocycles. The van der Waals surface area contributed by atoms with Crippen molar-refractivity contribution < 1.29 is 4.79 Å². The summed E-state index contributed by atoms with van der Waals surface area (Å²) in [6, 6.07) is 8.18. The summed E-state index contributed by atoms with van der Waals surface area (Å²) in [4.78, 5) is 14.6. The number of hydrogen-bond acceptors (Lipinski definition) is 2. The second-order valence-corrected chi connectivity index (χ2v) is 6.80. The summed E-state index contributed by atoms with van der Waals surface area (Å²) < 4.78 is 0. The van der Waals surface area contributed by atoms with Crippen LogP contribution in [0.4, 0.5) is 0 Å². The minimum Gasteiger partial charge on any atom is -0.354 e. The lowest BCUT2D eigenvalue weighted by Crippen LogP contribution is -2.53. The van der Waals surface area contributed by atoms with Gasteiger partial charge in [-0.05, 0) is 52.3 Å². The van der Waals surface area contributed by atoms with E-state index in [2.05, 4.69) is 43.1 Å². The van der Waals surface area contributed by atoms with Crippen LogP contribution in [0.25, 0.3) is 0 Å². The fraction of sp³-hybridized carbons (Fsp3) is 0.611. The fourth-order valence-corrected chi connectivity index (χ4v) is 2.88. The Balaban J connectivity index is 1.81. The maximum atomic E-state index is 12.1. The van der Waals surface area contributed by atoms with Gasteiger partial charge in [0.05, 0.1) is 6.42 Å². The van der Waals surface area contributed by atoms with Crippen molar-refractivity contribution in [1.82, 2.24) is 10.2 Å². The van der Waals surface area contributed by atoms with E-state index >= 15 is 0 Å². The third-order valence-electron chi connectivity index (χ3n) is 4.42. The molecule has 1 fully saturated rings. The summed E-state index contributed by atoms with van der Waals surface area (Å²) in [5.74, 6) is 0.115. The molecule has 3 nitrogen and oxygen atoms in total. The summed E-state index contributed by atoms with van der Waals surface area (Å²) in [5, 5.41) is 3.10. The van der Waals surface area contributed by atoms with Crippen LogP contribution >= 0.6 is 0 Å². The van der Waals surface area contributed by atoms with Gasteiger partial charge in [0.1, 0.15) is 0 Å². The molecule has 1 aliphatic rings. The zero-order chi connectivity index (χ0) is 15.3. The van der Waals surface area contributed by atoms with Crippen molar-refractivity contribution >= 4 is 5.91 Å². The monoisotopic (exact) mass is 288 g/mol. The quantitative estimate of drug-likeness (QED) is 0.903. The lowest BCUT2D eigenvalue weighted by molar-refractivity contribution is -0.121. The molecule has 1 heterocycles. The van der Waals surface area contributed by atoms with Gasteiger partial charge in [0.15, 0.2) is 0 Å². The summed E-state index contributed by atoms with van der Waals surface area (Å²) in [5.41, 5.74) is 2.35. The molecule has 1 aliphatic heterocycles. The van der Waals surface area contributed by atoms with E-state index in [9.17, 15) is 4.79 Å². The highest BCUT2D eigenvalue weighted by molar-refractivity contribution is 5.78. The Labute approximate surface area is 128 Å². The second-order valence-electron chi connectivity index (χ2n) is 6.80. The number of amides is 1. The predicted octanol–water partition coefficient (Wildman–Crippen LogP) is 2.92. The average Bonchev–Trinajstić information content (AvgIpc) is 2.49. The van der Waals surface area contributed by atoms with E-state index in [1.54, 1.807) is 0 Å². The zero-order valence-corrected chi connectivity index (χ0v) is 13.6. The number of benzene rings is 1. The third-order valence-corrected chi connectivity index (χ3v) is 4.42. The van der Waals surface area contributed by atoms with Gasteiger partial charge in [-0.2, -0.15) is 0 Å². The van der Waals surface area contributed by atoms with Gasteiger partial charge in [-0.25, -0.2) is 0 Å². The molecule has 1 aromatic rings. The first-order valence-electron chi connectivity index (χ1n) is 8.05. The highest BCUT2D eigenvalue weighted by Gasteiger charge is 2.28. The highest BCUT2D eigenvalue weighted by Crippen LogP contribution is 2.19. The normalized spacial score (nSPS) is 16.7. The molecule has 116 valence electrons. The number of hydrogen-bond donors (Lipinski definition) is 1. The van der Waals surface area contributed by atoms with Crippen LogP contribution in [-0.2, 0) is 11.2 Å². The number of piperidine rings is 1. The average molecular weight is 288 g/mol. The molecule has 21 heavy (non-hydrogen) atoms. The number of carbonyl (C=O) groups is 1. The van der Waals surface area contributed by atoms with Gasteiger partial charge in [0.25, 0.3) is 0 Å². The Hall–Kier alpha value is -1.35. The van der Waals surface area contributed by atoms with Crippen LogP contribution in [0, 0.1) is 6.92 Å². The van der Waals surface area contributed by atoms with E-state index in [4.69, 9.17) is 0 Å². The molecule has 0 aromatic heterocycles. The molecule has 0 saturated carbocycles. The van der Waals surface area contributed by atoms with E-state index < -0.39 is 0 Å². The van der Waals surface area contributed by atoms with Crippen LogP contribution < -0.4 is 5.32 Å². The smallest absolute Gasteiger partial charge is 0.224 e. The zero-order valence-electron chi connectivity index (χ0n) is 13.6. The maximum absolute atomic E-state index is 12.1. The fourth-order valence-electron chi connectivity index (χ4n) is 2.88. The van der Waals surface area contributed by atoms with Gasteiger partial charge in [0.2, 0.25) is 5.91 Å². The minimum absolute atomic E-state index is 0.0450. The van der Waals surface area contributed by atoms with Crippen molar-refractivity contribution in [3.8, 4) is 0 Å². The molecule has 0 spiro atoms. The van der Waals surface area contributed by atoms with E-state index in [0.29, 0.717) is 6.42 Å². The highest BCUT2D eigenvalue weighted by atomic mass is 16.1. The van der Waals surface area contributed by atoms with E-state index in [-0.39, 0.29) is 11.4 Å². The lowest BCUT2D eigenvalue weighted by atomic mass is 9.98. The van der Waals surface area contributed by atoms with Crippen molar-refractivity contribution in [3.63, 3.8) is 0 Å². The topological polar surface area (TPSA) is 32.3 Å². The number of rotatable bonds is 5. The first-order valence-corrected chi connectivity index (χ1v) is 8.05. The first-order chi connectivity index (χ1) is 9.97. The number of nitrogens with zero attached hydrogens (tertiary/aromatic N) is 1. The Morgan fingerprint density at radius 3 is 2.38 bits per heavy atom. The standard InChI is InChI=1S/C18H28N2O/c1-15-7-9-16(10-8-15)13-17(21)19-14-18(2,3)20-11-5-4-6-12-20/h7-10H,4-6,11-14H2,1-3H3,(H,19,21). The molecule has 0 unspecified atom stereocenters. The summed E-state index contributed by atoms with van der Waals surface area (Å²) in [7, 11) is 0. The minimum atomic E-state index is 0.0450. The number of nitrogens with one attached hydrogen (secondary N) is 1. The maximum Gasteiger partial charge on any atom is 0.224 e. The number of likely N-dealkylation sites (tertiary alicyclic amines) is 1. The molecule has 1 aromatic carbocycles. The lowest BCUT2D eigenvalue weighted by Gasteiger charge is -2.41. The Morgan fingerprint density at radius 1 is 1.14 bits per heavy atom. The van der Waals surface area contributed by atoms with Gasteiger partial charge >= 0.3 is 0 Å². The van der Waals surface area contributed by atoms with Crippen molar-refractivity contribution in [2.24, 2.45) is 0 Å². The summed E-state index contributed by atoms with van der Waals surface area (Å²) in [6.45, 7) is 9.54. The predicted molar refractivity (Wildman–Crippen MR) is 87.4 cm³/mol. The van der Waals surface area contributed by atoms with Crippen LogP contribution in [0.5, 0.6) is 0 Å². The van der Waals surface area contributed by atoms with Gasteiger partial charge < -0.3 is 5.32 Å². The summed E-state index contributed by atoms with van der Waals surface area (Å²) in [6.07, 6.45) is 4.37. The molecule has 0 radical (unpaired) electrons. The Morgan fingerprint density at radius 2 is 1.76 bits per heavy atom. The molecular weight excluding hydrogens is 260 g/mol. The van der Waals surface area contributed by atoms with Crippen molar-refractivity contribution in [2.75, 3.05) is 19.6 Å². The van der Waals surface area contributed by atoms with E-state index in [1.165, 1.54) is 24.8 Å². The SMILES string of the molecule is Cc1ccc(CC(=O)NCC(C)(C)N2CCCCC2)cc1. The van der Waals surface area contributed by atoms with Crippen LogP contribution in [0.2, 0.25) is 0 Å². The third kappa shape index (κ3) is 4.85. The van der Waals surface area contributed by atoms with Gasteiger partial charge in [-0.3, -0.25) is 9.69 Å². The first kappa shape index (κ1) is 16.0. The Kier molecular flexibility index (Phi) is 5.40. The molecule has 0 aliphatic carbocycles. The van der Waals surface area contributed by atoms with E-state index in [0.717, 1.165) is 25.2 Å². The molecule has 0 atom stereocenters. The summed E-state index contributed by atoms with van der Waals surface area (Å²) >= 11 is 0. The van der Waals surface area contributed by atoms with Crippen molar-refractivity contribution in [2.45, 2.75) is 52.0 Å². The second kappa shape index (κ2) is 7.08. The van der Waals surface area contributed by atoms with Gasteiger partial charge in [-0.15, -0.1) is 0 Å². The molecular formula is C18H28N2O. The van der Waals surface area contributed by atoms with Crippen LogP contribution in [0.15, 0.2) is 24.3 Å². The van der Waals surface area contributed by atoms with Crippen LogP contribution in [-0.4, -0.2) is 36.0 Å². The van der Waals surface area contributed by atoms with Gasteiger partial charge in [-0.1, -0.05) is 36.2 Å². The molecule has 3 heteroatoms. The largest absolute Gasteiger partial charge is 0.354 e. The number of carbonyl (C=O) groups excluding carboxylic acids is 1. The molecule has 0 bridgehead atoms. The van der Waals surface area contributed by atoms with Crippen LogP contribution in [0.1, 0.15) is 44.2 Å². The van der Waals surface area contributed by atoms with Crippen molar-refractivity contribution in [1.29, 1.82) is 0 Å². The van der Waals surface area contributed by atoms with Crippen LogP contribution in [0.3, 0.4) is 0 Å². The van der Waals surface area contributed by atoms with E-state index in [1.807, 2.05) is 12.1 Å². The molecule has 1 N–H and O–H groups in total. The Bertz CT molecular complexity index is 459.